The molecular weight excluding hydrogens is 356 g/mol. The molecule has 4 fully saturated rings. The van der Waals surface area contributed by atoms with E-state index in [9.17, 15) is 5.11 Å². The number of H-pyrrole nitrogens is 1. The Morgan fingerprint density at radius 1 is 1.23 bits per heavy atom. The predicted octanol–water partition coefficient (Wildman–Crippen LogP) is 2.05. The number of rotatable bonds is 5. The fourth-order valence-electron chi connectivity index (χ4n) is 5.33. The number of nitrogens with zero attached hydrogens (tertiary/aromatic N) is 3. The zero-order valence-electron chi connectivity index (χ0n) is 14.1. The molecule has 0 spiro atoms. The molecule has 0 radical (unpaired) electrons. The largest absolute Gasteiger partial charge is 0.390 e. The number of hydrogen-bond donors (Lipinski definition) is 5. The van der Waals surface area contributed by atoms with E-state index in [1.165, 1.54) is 6.42 Å². The minimum absolute atomic E-state index is 0.111. The summed E-state index contributed by atoms with van der Waals surface area (Å²) in [5.74, 6) is 2.93. The Morgan fingerprint density at radius 3 is 2.88 bits per heavy atom. The van der Waals surface area contributed by atoms with Crippen molar-refractivity contribution in [3.8, 4) is 0 Å². The van der Waals surface area contributed by atoms with Gasteiger partial charge in [-0.05, 0) is 37.5 Å². The smallest absolute Gasteiger partial charge is 0.226 e. The number of aliphatic hydroxyl groups excluding tert-OH is 1. The average molecular weight is 377 g/mol. The van der Waals surface area contributed by atoms with Gasteiger partial charge in [-0.3, -0.25) is 5.10 Å². The molecule has 0 amide bonds. The molecule has 4 aliphatic carbocycles. The van der Waals surface area contributed by atoms with Crippen LogP contribution in [-0.4, -0.2) is 42.0 Å². The summed E-state index contributed by atoms with van der Waals surface area (Å²) in [6, 6.07) is 3.52. The maximum absolute atomic E-state index is 10.9. The van der Waals surface area contributed by atoms with Crippen LogP contribution in [0.5, 0.6) is 0 Å². The van der Waals surface area contributed by atoms with E-state index in [0.717, 1.165) is 19.3 Å². The topological polar surface area (TPSA) is 119 Å². The Kier molecular flexibility index (Phi) is 3.63. The summed E-state index contributed by atoms with van der Waals surface area (Å²) in [5, 5.41) is 33.6. The number of aliphatic hydroxyl groups is 2. The van der Waals surface area contributed by atoms with E-state index in [0.29, 0.717) is 40.3 Å². The molecule has 4 aliphatic rings. The summed E-state index contributed by atoms with van der Waals surface area (Å²) >= 11 is 6.17. The second kappa shape index (κ2) is 5.80. The first-order chi connectivity index (χ1) is 12.5. The molecule has 8 nitrogen and oxygen atoms in total. The van der Waals surface area contributed by atoms with Crippen molar-refractivity contribution in [3.05, 3.63) is 23.0 Å². The van der Waals surface area contributed by atoms with Gasteiger partial charge in [-0.1, -0.05) is 11.6 Å². The second-order valence-corrected chi connectivity index (χ2v) is 8.23. The highest BCUT2D eigenvalue weighted by Gasteiger charge is 2.62. The van der Waals surface area contributed by atoms with Gasteiger partial charge in [0.25, 0.3) is 0 Å². The second-order valence-electron chi connectivity index (χ2n) is 7.85. The Labute approximate surface area is 155 Å². The lowest BCUT2D eigenvalue weighted by Crippen LogP contribution is -2.37. The van der Waals surface area contributed by atoms with Crippen LogP contribution in [0, 0.1) is 17.8 Å². The lowest BCUT2D eigenvalue weighted by Gasteiger charge is -2.32. The van der Waals surface area contributed by atoms with Crippen molar-refractivity contribution in [1.82, 2.24) is 20.2 Å². The SMILES string of the molecule is OCc1cc(Nc2cc(Cl)nc(NC3C4CC5CC3C(O)(C5)C4)n2)n[nH]1. The van der Waals surface area contributed by atoms with Gasteiger partial charge >= 0.3 is 0 Å². The van der Waals surface area contributed by atoms with Crippen LogP contribution in [-0.2, 0) is 6.61 Å². The molecule has 2 aromatic rings. The van der Waals surface area contributed by atoms with E-state index in [1.807, 2.05) is 0 Å². The van der Waals surface area contributed by atoms with Crippen molar-refractivity contribution >= 4 is 29.2 Å². The molecule has 0 aliphatic heterocycles. The molecule has 2 heterocycles. The number of nitrogens with one attached hydrogen (secondary N) is 3. The zero-order valence-corrected chi connectivity index (χ0v) is 14.9. The van der Waals surface area contributed by atoms with Crippen molar-refractivity contribution in [1.29, 1.82) is 0 Å². The number of aromatic amines is 1. The Hall–Kier alpha value is -1.90. The molecule has 26 heavy (non-hydrogen) atoms. The number of halogens is 1. The van der Waals surface area contributed by atoms with Crippen molar-refractivity contribution in [3.63, 3.8) is 0 Å². The van der Waals surface area contributed by atoms with E-state index in [1.54, 1.807) is 12.1 Å². The molecule has 2 aromatic heterocycles. The summed E-state index contributed by atoms with van der Waals surface area (Å²) < 4.78 is 0. The first-order valence-electron chi connectivity index (χ1n) is 8.98. The van der Waals surface area contributed by atoms with Gasteiger partial charge in [-0.2, -0.15) is 10.1 Å². The quantitative estimate of drug-likeness (QED) is 0.506. The predicted molar refractivity (Wildman–Crippen MR) is 96.1 cm³/mol. The first-order valence-corrected chi connectivity index (χ1v) is 9.36. The third-order valence-corrected chi connectivity index (χ3v) is 6.35. The highest BCUT2D eigenvalue weighted by atomic mass is 35.5. The van der Waals surface area contributed by atoms with Crippen LogP contribution < -0.4 is 10.6 Å². The van der Waals surface area contributed by atoms with Gasteiger partial charge in [-0.25, -0.2) is 4.98 Å². The highest BCUT2D eigenvalue weighted by molar-refractivity contribution is 6.29. The molecule has 9 heteroatoms. The van der Waals surface area contributed by atoms with Crippen LogP contribution in [0.3, 0.4) is 0 Å². The molecule has 0 saturated heterocycles. The third kappa shape index (κ3) is 2.64. The van der Waals surface area contributed by atoms with Gasteiger partial charge in [-0.15, -0.1) is 0 Å². The van der Waals surface area contributed by atoms with Crippen LogP contribution in [0.2, 0.25) is 5.15 Å². The van der Waals surface area contributed by atoms with Crippen molar-refractivity contribution in [2.24, 2.45) is 17.8 Å². The van der Waals surface area contributed by atoms with E-state index < -0.39 is 5.60 Å². The number of aromatic nitrogens is 4. The maximum Gasteiger partial charge on any atom is 0.226 e. The molecule has 0 aromatic carbocycles. The molecular formula is C17H21ClN6O2. The van der Waals surface area contributed by atoms with Crippen LogP contribution in [0.1, 0.15) is 31.4 Å². The Balaban J connectivity index is 1.36. The fourth-order valence-corrected chi connectivity index (χ4v) is 5.51. The average Bonchev–Trinajstić information content (AvgIpc) is 3.17. The monoisotopic (exact) mass is 376 g/mol. The summed E-state index contributed by atoms with van der Waals surface area (Å²) in [5.41, 5.74) is 0.0951. The maximum atomic E-state index is 10.9. The van der Waals surface area contributed by atoms with E-state index in [4.69, 9.17) is 16.7 Å². The molecule has 5 unspecified atom stereocenters. The van der Waals surface area contributed by atoms with Crippen LogP contribution in [0.25, 0.3) is 0 Å². The third-order valence-electron chi connectivity index (χ3n) is 6.16. The van der Waals surface area contributed by atoms with Crippen molar-refractivity contribution < 1.29 is 10.2 Å². The first kappa shape index (κ1) is 16.3. The summed E-state index contributed by atoms with van der Waals surface area (Å²) in [7, 11) is 0. The molecule has 6 rings (SSSR count). The lowest BCUT2D eigenvalue weighted by atomic mass is 9.79. The molecule has 5 atom stereocenters. The minimum atomic E-state index is -0.513. The summed E-state index contributed by atoms with van der Waals surface area (Å²) in [4.78, 5) is 8.80. The van der Waals surface area contributed by atoms with E-state index in [-0.39, 0.29) is 18.6 Å². The molecule has 5 N–H and O–H groups in total. The summed E-state index contributed by atoms with van der Waals surface area (Å²) in [6.45, 7) is -0.111. The zero-order chi connectivity index (χ0) is 17.9. The van der Waals surface area contributed by atoms with Gasteiger partial charge in [0.15, 0.2) is 5.82 Å². The van der Waals surface area contributed by atoms with Gasteiger partial charge in [0.2, 0.25) is 5.95 Å². The van der Waals surface area contributed by atoms with Crippen LogP contribution >= 0.6 is 11.6 Å². The van der Waals surface area contributed by atoms with Gasteiger partial charge in [0.1, 0.15) is 11.0 Å². The van der Waals surface area contributed by atoms with Crippen LogP contribution in [0.4, 0.5) is 17.6 Å². The normalized spacial score (nSPS) is 34.4. The summed E-state index contributed by atoms with van der Waals surface area (Å²) in [6.07, 6.45) is 4.05. The fraction of sp³-hybridized carbons (Fsp3) is 0.588. The van der Waals surface area contributed by atoms with Gasteiger partial charge in [0.05, 0.1) is 17.9 Å². The van der Waals surface area contributed by atoms with Crippen LogP contribution in [0.15, 0.2) is 12.1 Å². The minimum Gasteiger partial charge on any atom is -0.390 e. The van der Waals surface area contributed by atoms with Crippen molar-refractivity contribution in [2.75, 3.05) is 10.6 Å². The molecule has 4 bridgehead atoms. The lowest BCUT2D eigenvalue weighted by molar-refractivity contribution is 0.00988. The van der Waals surface area contributed by atoms with Gasteiger partial charge < -0.3 is 20.8 Å². The number of hydrogen-bond acceptors (Lipinski definition) is 7. The Bertz CT molecular complexity index is 844. The van der Waals surface area contributed by atoms with Gasteiger partial charge in [0, 0.05) is 24.1 Å². The van der Waals surface area contributed by atoms with E-state index >= 15 is 0 Å². The standard InChI is InChI=1S/C17H21ClN6O2/c18-12-4-13(20-14-3-10(7-25)23-24-14)21-16(19-12)22-15-9-1-8-2-11(15)17(26,5-8)6-9/h3-4,8-9,11,15,25-26H,1-2,5-7H2,(H3,19,20,21,22,23,24). The molecule has 138 valence electrons. The van der Waals surface area contributed by atoms with E-state index in [2.05, 4.69) is 30.8 Å². The Morgan fingerprint density at radius 2 is 2.12 bits per heavy atom. The molecule has 4 saturated carbocycles. The van der Waals surface area contributed by atoms with Crippen molar-refractivity contribution in [2.45, 2.75) is 43.9 Å². The highest BCUT2D eigenvalue weighted by Crippen LogP contribution is 2.60. The number of anilines is 3.